The Hall–Kier alpha value is -3.74. The van der Waals surface area contributed by atoms with Gasteiger partial charge in [0.05, 0.1) is 7.11 Å². The number of hydrogen-bond acceptors (Lipinski definition) is 4. The first-order chi connectivity index (χ1) is 16.0. The van der Waals surface area contributed by atoms with Crippen molar-refractivity contribution in [3.05, 3.63) is 83.4 Å². The molecule has 178 valence electrons. The molecule has 0 spiro atoms. The van der Waals surface area contributed by atoms with Gasteiger partial charge < -0.3 is 9.47 Å². The molecule has 3 aromatic rings. The molecule has 1 amide bonds. The largest absolute Gasteiger partial charge is 0.496 e. The van der Waals surface area contributed by atoms with Crippen LogP contribution in [0.15, 0.2) is 60.7 Å². The summed E-state index contributed by atoms with van der Waals surface area (Å²) in [5.74, 6) is -2.98. The van der Waals surface area contributed by atoms with Crippen LogP contribution in [0.2, 0.25) is 0 Å². The minimum atomic E-state index is -1.01. The highest BCUT2D eigenvalue weighted by Crippen LogP contribution is 2.30. The van der Waals surface area contributed by atoms with Crippen molar-refractivity contribution in [1.29, 1.82) is 0 Å². The number of carbonyl (C=O) groups is 2. The summed E-state index contributed by atoms with van der Waals surface area (Å²) in [5.41, 5.74) is 1.28. The second-order valence-corrected chi connectivity index (χ2v) is 8.81. The van der Waals surface area contributed by atoms with Crippen molar-refractivity contribution < 1.29 is 27.8 Å². The number of esters is 1. The lowest BCUT2D eigenvalue weighted by atomic mass is 10.0. The number of halogens is 2. The summed E-state index contributed by atoms with van der Waals surface area (Å²) in [6, 6.07) is 15.6. The first-order valence-corrected chi connectivity index (χ1v) is 10.7. The number of nitrogens with zero attached hydrogens (tertiary/aromatic N) is 1. The van der Waals surface area contributed by atoms with Gasteiger partial charge >= 0.3 is 5.97 Å². The Balaban J connectivity index is 2.06. The molecule has 0 aliphatic carbocycles. The summed E-state index contributed by atoms with van der Waals surface area (Å²) in [5, 5.41) is 0. The summed E-state index contributed by atoms with van der Waals surface area (Å²) in [6.45, 7) is 6.47. The summed E-state index contributed by atoms with van der Waals surface area (Å²) >= 11 is 0. The van der Waals surface area contributed by atoms with E-state index in [1.54, 1.807) is 46.1 Å². The van der Waals surface area contributed by atoms with E-state index in [0.29, 0.717) is 5.69 Å². The third kappa shape index (κ3) is 5.78. The van der Waals surface area contributed by atoms with Crippen molar-refractivity contribution in [3.8, 4) is 16.9 Å². The molecule has 3 rings (SSSR count). The molecule has 0 aliphatic heterocycles. The molecule has 0 atom stereocenters. The summed E-state index contributed by atoms with van der Waals surface area (Å²) in [7, 11) is 1.59. The highest BCUT2D eigenvalue weighted by Gasteiger charge is 2.28. The third-order valence-corrected chi connectivity index (χ3v) is 5.02. The molecule has 0 heterocycles. The van der Waals surface area contributed by atoms with Crippen LogP contribution in [0.1, 0.15) is 36.7 Å². The van der Waals surface area contributed by atoms with Crippen LogP contribution in [0.3, 0.4) is 0 Å². The Morgan fingerprint density at radius 1 is 0.912 bits per heavy atom. The Kier molecular flexibility index (Phi) is 7.35. The third-order valence-electron chi connectivity index (χ3n) is 5.02. The fourth-order valence-corrected chi connectivity index (χ4v) is 3.53. The number of amides is 1. The first-order valence-electron chi connectivity index (χ1n) is 10.7. The van der Waals surface area contributed by atoms with E-state index in [9.17, 15) is 18.4 Å². The van der Waals surface area contributed by atoms with E-state index in [0.717, 1.165) is 39.5 Å². The van der Waals surface area contributed by atoms with Crippen molar-refractivity contribution >= 4 is 17.6 Å². The molecule has 0 saturated carbocycles. The quantitative estimate of drug-likeness (QED) is 0.421. The number of rotatable bonds is 6. The standard InChI is InChI=1S/C27H27F2NO4/c1-17-14-19(12-13-23(17)33-5)18-8-6-9-20(15-18)30(16-24(31)34-27(2,3)4)26(32)25-21(28)10-7-11-22(25)29/h6-15H,16H2,1-5H3. The molecule has 34 heavy (non-hydrogen) atoms. The van der Waals surface area contributed by atoms with Gasteiger partial charge in [0.1, 0.15) is 35.1 Å². The number of hydrogen-bond donors (Lipinski definition) is 0. The smallest absolute Gasteiger partial charge is 0.326 e. The van der Waals surface area contributed by atoms with Crippen molar-refractivity contribution in [2.75, 3.05) is 18.6 Å². The molecule has 5 nitrogen and oxygen atoms in total. The fourth-order valence-electron chi connectivity index (χ4n) is 3.53. The normalized spacial score (nSPS) is 11.1. The number of aryl methyl sites for hydroxylation is 1. The zero-order chi connectivity index (χ0) is 25.0. The summed E-state index contributed by atoms with van der Waals surface area (Å²) in [6.07, 6.45) is 0. The van der Waals surface area contributed by atoms with Crippen molar-refractivity contribution in [3.63, 3.8) is 0 Å². The molecule has 0 unspecified atom stereocenters. The van der Waals surface area contributed by atoms with Gasteiger partial charge in [-0.05, 0) is 80.8 Å². The lowest BCUT2D eigenvalue weighted by Gasteiger charge is -2.26. The second-order valence-electron chi connectivity index (χ2n) is 8.81. The van der Waals surface area contributed by atoms with Crippen LogP contribution in [-0.2, 0) is 9.53 Å². The van der Waals surface area contributed by atoms with E-state index >= 15 is 0 Å². The van der Waals surface area contributed by atoms with E-state index in [1.165, 1.54) is 6.07 Å². The molecule has 0 N–H and O–H groups in total. The fraction of sp³-hybridized carbons (Fsp3) is 0.259. The average molecular weight is 468 g/mol. The van der Waals surface area contributed by atoms with E-state index in [2.05, 4.69) is 0 Å². The minimum Gasteiger partial charge on any atom is -0.496 e. The minimum absolute atomic E-state index is 0.296. The predicted octanol–water partition coefficient (Wildman–Crippen LogP) is 5.94. The Morgan fingerprint density at radius 2 is 1.53 bits per heavy atom. The zero-order valence-electron chi connectivity index (χ0n) is 19.8. The molecule has 0 saturated heterocycles. The van der Waals surface area contributed by atoms with Crippen molar-refractivity contribution in [1.82, 2.24) is 0 Å². The maximum atomic E-state index is 14.4. The Morgan fingerprint density at radius 3 is 2.12 bits per heavy atom. The number of carbonyl (C=O) groups excluding carboxylic acids is 2. The molecule has 3 aromatic carbocycles. The lowest BCUT2D eigenvalue weighted by Crippen LogP contribution is -2.39. The van der Waals surface area contributed by atoms with Crippen LogP contribution < -0.4 is 9.64 Å². The summed E-state index contributed by atoms with van der Waals surface area (Å²) < 4.78 is 39.5. The van der Waals surface area contributed by atoms with Crippen molar-refractivity contribution in [2.45, 2.75) is 33.3 Å². The van der Waals surface area contributed by atoms with Gasteiger partial charge in [-0.2, -0.15) is 0 Å². The van der Waals surface area contributed by atoms with E-state index in [-0.39, 0.29) is 0 Å². The molecule has 0 aromatic heterocycles. The zero-order valence-corrected chi connectivity index (χ0v) is 19.8. The van der Waals surface area contributed by atoms with Gasteiger partial charge in [-0.3, -0.25) is 14.5 Å². The molecule has 0 aliphatic rings. The van der Waals surface area contributed by atoms with Crippen LogP contribution >= 0.6 is 0 Å². The first kappa shape index (κ1) is 24.9. The van der Waals surface area contributed by atoms with Crippen LogP contribution in [-0.4, -0.2) is 31.1 Å². The second kappa shape index (κ2) is 10.0. The van der Waals surface area contributed by atoms with Gasteiger partial charge in [-0.25, -0.2) is 8.78 Å². The van der Waals surface area contributed by atoms with E-state index in [4.69, 9.17) is 9.47 Å². The van der Waals surface area contributed by atoms with Gasteiger partial charge in [0.15, 0.2) is 0 Å². The van der Waals surface area contributed by atoms with Crippen LogP contribution in [0.4, 0.5) is 14.5 Å². The number of benzene rings is 3. The van der Waals surface area contributed by atoms with Crippen LogP contribution in [0.5, 0.6) is 5.75 Å². The molecule has 0 bridgehead atoms. The van der Waals surface area contributed by atoms with Gasteiger partial charge in [0.25, 0.3) is 5.91 Å². The highest BCUT2D eigenvalue weighted by atomic mass is 19.1. The lowest BCUT2D eigenvalue weighted by molar-refractivity contribution is -0.152. The Labute approximate surface area is 197 Å². The van der Waals surface area contributed by atoms with Gasteiger partial charge in [0, 0.05) is 5.69 Å². The SMILES string of the molecule is COc1ccc(-c2cccc(N(CC(=O)OC(C)(C)C)C(=O)c3c(F)cccc3F)c2)cc1C. The summed E-state index contributed by atoms with van der Waals surface area (Å²) in [4.78, 5) is 26.9. The molecule has 0 fully saturated rings. The van der Waals surface area contributed by atoms with E-state index in [1.807, 2.05) is 31.2 Å². The maximum Gasteiger partial charge on any atom is 0.326 e. The number of ether oxygens (including phenoxy) is 2. The Bertz CT molecular complexity index is 1200. The molecular formula is C27H27F2NO4. The van der Waals surface area contributed by atoms with Gasteiger partial charge in [-0.15, -0.1) is 0 Å². The highest BCUT2D eigenvalue weighted by molar-refractivity contribution is 6.09. The topological polar surface area (TPSA) is 55.8 Å². The van der Waals surface area contributed by atoms with Gasteiger partial charge in [0.2, 0.25) is 0 Å². The number of methoxy groups -OCH3 is 1. The maximum absolute atomic E-state index is 14.4. The van der Waals surface area contributed by atoms with Gasteiger partial charge in [-0.1, -0.05) is 24.3 Å². The molecule has 7 heteroatoms. The van der Waals surface area contributed by atoms with Crippen molar-refractivity contribution in [2.24, 2.45) is 0 Å². The average Bonchev–Trinajstić information content (AvgIpc) is 2.76. The van der Waals surface area contributed by atoms with Crippen LogP contribution in [0.25, 0.3) is 11.1 Å². The monoisotopic (exact) mass is 467 g/mol. The van der Waals surface area contributed by atoms with Crippen LogP contribution in [0, 0.1) is 18.6 Å². The molecule has 0 radical (unpaired) electrons. The predicted molar refractivity (Wildman–Crippen MR) is 127 cm³/mol. The molecular weight excluding hydrogens is 440 g/mol. The number of anilines is 1. The van der Waals surface area contributed by atoms with E-state index < -0.39 is 41.2 Å².